The number of nitrogens with zero attached hydrogens (tertiary/aromatic N) is 1. The van der Waals surface area contributed by atoms with Crippen LogP contribution in [0.4, 0.5) is 5.69 Å². The second-order valence-electron chi connectivity index (χ2n) is 4.65. The number of aromatic nitrogens is 1. The van der Waals surface area contributed by atoms with E-state index < -0.39 is 0 Å². The van der Waals surface area contributed by atoms with Gasteiger partial charge in [0, 0.05) is 24.1 Å². The van der Waals surface area contributed by atoms with Crippen molar-refractivity contribution >= 4 is 5.69 Å². The lowest BCUT2D eigenvalue weighted by atomic mass is 9.92. The van der Waals surface area contributed by atoms with Crippen LogP contribution >= 0.6 is 0 Å². The molecule has 0 spiro atoms. The summed E-state index contributed by atoms with van der Waals surface area (Å²) in [7, 11) is 2.06. The molecular weight excluding hydrogens is 184 g/mol. The molecule has 1 aromatic heterocycles. The Hall–Kier alpha value is -1.05. The molecule has 0 aliphatic heterocycles. The van der Waals surface area contributed by atoms with Crippen LogP contribution < -0.4 is 5.32 Å². The van der Waals surface area contributed by atoms with Crippen LogP contribution in [0.5, 0.6) is 0 Å². The first-order chi connectivity index (χ1) is 7.40. The lowest BCUT2D eigenvalue weighted by Crippen LogP contribution is -2.12. The zero-order valence-corrected chi connectivity index (χ0v) is 9.40. The van der Waals surface area contributed by atoms with E-state index in [4.69, 9.17) is 4.98 Å². The molecule has 3 rings (SSSR count). The maximum Gasteiger partial charge on any atom is 0.0459 e. The Morgan fingerprint density at radius 1 is 0.867 bits per heavy atom. The van der Waals surface area contributed by atoms with Gasteiger partial charge in [-0.1, -0.05) is 0 Å². The number of hydrogen-bond acceptors (Lipinski definition) is 2. The third kappa shape index (κ3) is 1.35. The van der Waals surface area contributed by atoms with Crippen LogP contribution in [0.2, 0.25) is 0 Å². The lowest BCUT2D eigenvalue weighted by Gasteiger charge is -2.21. The van der Waals surface area contributed by atoms with Crippen molar-refractivity contribution in [1.82, 2.24) is 4.98 Å². The van der Waals surface area contributed by atoms with E-state index in [-0.39, 0.29) is 0 Å². The molecular formula is C13H18N2. The van der Waals surface area contributed by atoms with Gasteiger partial charge in [0.15, 0.2) is 0 Å². The van der Waals surface area contributed by atoms with E-state index in [9.17, 15) is 0 Å². The summed E-state index contributed by atoms with van der Waals surface area (Å²) in [6.07, 6.45) is 8.79. The van der Waals surface area contributed by atoms with Crippen LogP contribution in [0.15, 0.2) is 0 Å². The van der Waals surface area contributed by atoms with Crippen molar-refractivity contribution in [2.75, 3.05) is 12.4 Å². The summed E-state index contributed by atoms with van der Waals surface area (Å²) >= 11 is 0. The van der Waals surface area contributed by atoms with Gasteiger partial charge in [-0.05, 0) is 56.1 Å². The van der Waals surface area contributed by atoms with Crippen LogP contribution in [0.1, 0.15) is 41.8 Å². The molecule has 2 aliphatic carbocycles. The van der Waals surface area contributed by atoms with Crippen molar-refractivity contribution < 1.29 is 0 Å². The Kier molecular flexibility index (Phi) is 2.15. The van der Waals surface area contributed by atoms with Gasteiger partial charge in [-0.15, -0.1) is 0 Å². The third-order valence-corrected chi connectivity index (χ3v) is 3.75. The second kappa shape index (κ2) is 3.51. The summed E-state index contributed by atoms with van der Waals surface area (Å²) in [6.45, 7) is 0. The van der Waals surface area contributed by atoms with Crippen molar-refractivity contribution in [2.45, 2.75) is 44.9 Å². The second-order valence-corrected chi connectivity index (χ2v) is 4.65. The van der Waals surface area contributed by atoms with Crippen molar-refractivity contribution in [3.05, 3.63) is 22.5 Å². The molecule has 0 fully saturated rings. The zero-order chi connectivity index (χ0) is 10.3. The molecule has 0 amide bonds. The van der Waals surface area contributed by atoms with E-state index in [0.29, 0.717) is 0 Å². The molecule has 2 nitrogen and oxygen atoms in total. The molecule has 0 bridgehead atoms. The number of hydrogen-bond donors (Lipinski definition) is 1. The quantitative estimate of drug-likeness (QED) is 0.756. The van der Waals surface area contributed by atoms with E-state index >= 15 is 0 Å². The SMILES string of the molecule is CNc1c2c(nc3c1CCC3)CCCC2. The fourth-order valence-corrected chi connectivity index (χ4v) is 3.05. The van der Waals surface area contributed by atoms with Gasteiger partial charge in [0.1, 0.15) is 0 Å². The fraction of sp³-hybridized carbons (Fsp3) is 0.615. The van der Waals surface area contributed by atoms with Crippen LogP contribution in [-0.4, -0.2) is 12.0 Å². The number of aryl methyl sites for hydroxylation is 2. The minimum absolute atomic E-state index is 1.19. The largest absolute Gasteiger partial charge is 0.388 e. The average molecular weight is 202 g/mol. The molecule has 15 heavy (non-hydrogen) atoms. The van der Waals surface area contributed by atoms with Gasteiger partial charge in [-0.2, -0.15) is 0 Å². The van der Waals surface area contributed by atoms with Gasteiger partial charge >= 0.3 is 0 Å². The average Bonchev–Trinajstić information content (AvgIpc) is 2.73. The van der Waals surface area contributed by atoms with E-state index in [1.807, 2.05) is 0 Å². The minimum Gasteiger partial charge on any atom is -0.388 e. The first-order valence-corrected chi connectivity index (χ1v) is 6.11. The Morgan fingerprint density at radius 2 is 1.47 bits per heavy atom. The lowest BCUT2D eigenvalue weighted by molar-refractivity contribution is 0.665. The highest BCUT2D eigenvalue weighted by molar-refractivity contribution is 5.62. The Balaban J connectivity index is 2.19. The topological polar surface area (TPSA) is 24.9 Å². The van der Waals surface area contributed by atoms with Gasteiger partial charge in [0.2, 0.25) is 0 Å². The van der Waals surface area contributed by atoms with Crippen molar-refractivity contribution in [2.24, 2.45) is 0 Å². The first-order valence-electron chi connectivity index (χ1n) is 6.11. The summed E-state index contributed by atoms with van der Waals surface area (Å²) < 4.78 is 0. The van der Waals surface area contributed by atoms with Crippen LogP contribution in [0.25, 0.3) is 0 Å². The minimum atomic E-state index is 1.19. The predicted octanol–water partition coefficient (Wildman–Crippen LogP) is 2.49. The van der Waals surface area contributed by atoms with Crippen molar-refractivity contribution in [3.8, 4) is 0 Å². The van der Waals surface area contributed by atoms with Gasteiger partial charge < -0.3 is 5.32 Å². The number of nitrogens with one attached hydrogen (secondary N) is 1. The highest BCUT2D eigenvalue weighted by Crippen LogP contribution is 2.35. The molecule has 0 saturated heterocycles. The highest BCUT2D eigenvalue weighted by Gasteiger charge is 2.23. The molecule has 2 heteroatoms. The smallest absolute Gasteiger partial charge is 0.0459 e. The van der Waals surface area contributed by atoms with E-state index in [1.165, 1.54) is 73.1 Å². The number of pyridine rings is 1. The maximum absolute atomic E-state index is 4.86. The molecule has 0 radical (unpaired) electrons. The third-order valence-electron chi connectivity index (χ3n) is 3.75. The summed E-state index contributed by atoms with van der Waals surface area (Å²) in [6, 6.07) is 0. The molecule has 0 unspecified atom stereocenters. The maximum atomic E-state index is 4.86. The predicted molar refractivity (Wildman–Crippen MR) is 62.5 cm³/mol. The molecule has 1 N–H and O–H groups in total. The van der Waals surface area contributed by atoms with Crippen LogP contribution in [0, 0.1) is 0 Å². The number of rotatable bonds is 1. The van der Waals surface area contributed by atoms with Gasteiger partial charge in [-0.25, -0.2) is 0 Å². The summed E-state index contributed by atoms with van der Waals surface area (Å²) in [5.74, 6) is 0. The summed E-state index contributed by atoms with van der Waals surface area (Å²) in [4.78, 5) is 4.86. The van der Waals surface area contributed by atoms with Crippen molar-refractivity contribution in [1.29, 1.82) is 0 Å². The first kappa shape index (κ1) is 9.20. The Morgan fingerprint density at radius 3 is 2.20 bits per heavy atom. The number of anilines is 1. The Labute approximate surface area is 91.1 Å². The monoisotopic (exact) mass is 202 g/mol. The van der Waals surface area contributed by atoms with E-state index in [2.05, 4.69) is 12.4 Å². The molecule has 0 aromatic carbocycles. The van der Waals surface area contributed by atoms with E-state index in [1.54, 1.807) is 0 Å². The fourth-order valence-electron chi connectivity index (χ4n) is 3.05. The number of fused-ring (bicyclic) bond motifs is 2. The molecule has 80 valence electrons. The normalized spacial score (nSPS) is 18.5. The zero-order valence-electron chi connectivity index (χ0n) is 9.40. The molecule has 1 heterocycles. The van der Waals surface area contributed by atoms with Crippen molar-refractivity contribution in [3.63, 3.8) is 0 Å². The summed E-state index contributed by atoms with van der Waals surface area (Å²) in [5, 5.41) is 3.42. The van der Waals surface area contributed by atoms with E-state index in [0.717, 1.165) is 0 Å². The standard InChI is InChI=1S/C13H18N2/c1-14-13-9-5-2-3-7-11(9)15-12-8-4-6-10(12)13/h2-8H2,1H3,(H,14,15). The molecule has 0 atom stereocenters. The molecule has 0 saturated carbocycles. The van der Waals surface area contributed by atoms with Gasteiger partial charge in [0.25, 0.3) is 0 Å². The van der Waals surface area contributed by atoms with Crippen LogP contribution in [-0.2, 0) is 25.7 Å². The molecule has 1 aromatic rings. The van der Waals surface area contributed by atoms with Crippen LogP contribution in [0.3, 0.4) is 0 Å². The Bertz CT molecular complexity index is 396. The van der Waals surface area contributed by atoms with Gasteiger partial charge in [0.05, 0.1) is 0 Å². The summed E-state index contributed by atoms with van der Waals surface area (Å²) in [5.41, 5.74) is 7.21. The highest BCUT2D eigenvalue weighted by atomic mass is 14.9. The van der Waals surface area contributed by atoms with Gasteiger partial charge in [-0.3, -0.25) is 4.98 Å². The molecule has 2 aliphatic rings.